The van der Waals surface area contributed by atoms with Crippen LogP contribution in [0.1, 0.15) is 26.2 Å². The van der Waals surface area contributed by atoms with E-state index in [1.54, 1.807) is 6.08 Å². The maximum atomic E-state index is 11.0. The van der Waals surface area contributed by atoms with Crippen LogP contribution in [0.2, 0.25) is 0 Å². The number of hydrogen-bond acceptors (Lipinski definition) is 3. The lowest BCUT2D eigenvalue weighted by Crippen LogP contribution is -2.21. The van der Waals surface area contributed by atoms with Gasteiger partial charge in [-0.25, -0.2) is 0 Å². The maximum Gasteiger partial charge on any atom is 0.306 e. The standard InChI is InChI=1S/C10H16O3/c1-4-5-10(2,6-7-11)8-9(12)13-3/h4,7H,1,5-6,8H2,2-3H3/t10-/m1/s1. The van der Waals surface area contributed by atoms with Gasteiger partial charge in [0.15, 0.2) is 0 Å². The molecule has 0 aromatic rings. The van der Waals surface area contributed by atoms with Gasteiger partial charge in [-0.1, -0.05) is 13.0 Å². The molecule has 0 heterocycles. The van der Waals surface area contributed by atoms with Gasteiger partial charge in [-0.2, -0.15) is 0 Å². The van der Waals surface area contributed by atoms with Crippen molar-refractivity contribution in [3.8, 4) is 0 Å². The molecule has 74 valence electrons. The molecule has 13 heavy (non-hydrogen) atoms. The van der Waals surface area contributed by atoms with Crippen molar-refractivity contribution in [1.82, 2.24) is 0 Å². The molecule has 0 unspecified atom stereocenters. The number of esters is 1. The Morgan fingerprint density at radius 3 is 2.54 bits per heavy atom. The molecule has 0 aromatic carbocycles. The second kappa shape index (κ2) is 5.51. The first-order valence-corrected chi connectivity index (χ1v) is 4.19. The Labute approximate surface area is 78.8 Å². The topological polar surface area (TPSA) is 43.4 Å². The number of hydrogen-bond donors (Lipinski definition) is 0. The van der Waals surface area contributed by atoms with Crippen molar-refractivity contribution >= 4 is 12.3 Å². The van der Waals surface area contributed by atoms with Crippen LogP contribution in [-0.4, -0.2) is 19.4 Å². The molecule has 0 aliphatic heterocycles. The van der Waals surface area contributed by atoms with E-state index in [4.69, 9.17) is 0 Å². The van der Waals surface area contributed by atoms with Crippen LogP contribution in [-0.2, 0) is 14.3 Å². The van der Waals surface area contributed by atoms with Crippen molar-refractivity contribution in [3.63, 3.8) is 0 Å². The summed E-state index contributed by atoms with van der Waals surface area (Å²) >= 11 is 0. The van der Waals surface area contributed by atoms with Gasteiger partial charge in [0.1, 0.15) is 6.29 Å². The Kier molecular flexibility index (Phi) is 5.04. The molecule has 1 atom stereocenters. The smallest absolute Gasteiger partial charge is 0.306 e. The second-order valence-electron chi connectivity index (χ2n) is 3.43. The van der Waals surface area contributed by atoms with Gasteiger partial charge in [-0.3, -0.25) is 4.79 Å². The quantitative estimate of drug-likeness (QED) is 0.358. The summed E-state index contributed by atoms with van der Waals surface area (Å²) in [5, 5.41) is 0. The Balaban J connectivity index is 4.29. The van der Waals surface area contributed by atoms with E-state index in [9.17, 15) is 9.59 Å². The van der Waals surface area contributed by atoms with Crippen LogP contribution >= 0.6 is 0 Å². The Morgan fingerprint density at radius 2 is 2.15 bits per heavy atom. The molecule has 0 amide bonds. The van der Waals surface area contributed by atoms with Gasteiger partial charge in [0, 0.05) is 6.42 Å². The first-order valence-electron chi connectivity index (χ1n) is 4.19. The largest absolute Gasteiger partial charge is 0.469 e. The van der Waals surface area contributed by atoms with Crippen molar-refractivity contribution in [2.45, 2.75) is 26.2 Å². The van der Waals surface area contributed by atoms with Gasteiger partial charge < -0.3 is 9.53 Å². The fourth-order valence-electron chi connectivity index (χ4n) is 1.20. The number of allylic oxidation sites excluding steroid dienone is 1. The third-order valence-electron chi connectivity index (χ3n) is 2.01. The van der Waals surface area contributed by atoms with E-state index in [1.807, 2.05) is 6.92 Å². The maximum absolute atomic E-state index is 11.0. The summed E-state index contributed by atoms with van der Waals surface area (Å²) in [5.41, 5.74) is -0.337. The van der Waals surface area contributed by atoms with Crippen LogP contribution in [0.3, 0.4) is 0 Å². The molecule has 0 aromatic heterocycles. The molecule has 0 saturated carbocycles. The average molecular weight is 184 g/mol. The summed E-state index contributed by atoms with van der Waals surface area (Å²) in [5.74, 6) is -0.286. The lowest BCUT2D eigenvalue weighted by molar-refractivity contribution is -0.143. The molecule has 0 N–H and O–H groups in total. The zero-order valence-electron chi connectivity index (χ0n) is 8.21. The summed E-state index contributed by atoms with van der Waals surface area (Å²) in [6, 6.07) is 0. The summed E-state index contributed by atoms with van der Waals surface area (Å²) in [6.45, 7) is 5.47. The monoisotopic (exact) mass is 184 g/mol. The summed E-state index contributed by atoms with van der Waals surface area (Å²) < 4.78 is 4.55. The van der Waals surface area contributed by atoms with Gasteiger partial charge in [0.25, 0.3) is 0 Å². The molecular weight excluding hydrogens is 168 g/mol. The number of rotatable bonds is 6. The molecule has 0 fully saturated rings. The van der Waals surface area contributed by atoms with Crippen molar-refractivity contribution < 1.29 is 14.3 Å². The highest BCUT2D eigenvalue weighted by atomic mass is 16.5. The van der Waals surface area contributed by atoms with Crippen LogP contribution in [0.25, 0.3) is 0 Å². The van der Waals surface area contributed by atoms with Crippen molar-refractivity contribution in [1.29, 1.82) is 0 Å². The Hall–Kier alpha value is -1.12. The van der Waals surface area contributed by atoms with Crippen LogP contribution in [0.15, 0.2) is 12.7 Å². The van der Waals surface area contributed by atoms with E-state index in [0.29, 0.717) is 12.8 Å². The van der Waals surface area contributed by atoms with Gasteiger partial charge in [0.05, 0.1) is 13.5 Å². The third kappa shape index (κ3) is 4.45. The average Bonchev–Trinajstić information content (AvgIpc) is 2.04. The van der Waals surface area contributed by atoms with Crippen LogP contribution in [0, 0.1) is 5.41 Å². The molecule has 0 rings (SSSR count). The first kappa shape index (κ1) is 11.9. The van der Waals surface area contributed by atoms with E-state index in [1.165, 1.54) is 7.11 Å². The highest BCUT2D eigenvalue weighted by Crippen LogP contribution is 2.29. The minimum atomic E-state index is -0.337. The molecule has 0 radical (unpaired) electrons. The van der Waals surface area contributed by atoms with Crippen molar-refractivity contribution in [2.75, 3.05) is 7.11 Å². The van der Waals surface area contributed by atoms with Gasteiger partial charge in [-0.05, 0) is 11.8 Å². The molecule has 0 aliphatic rings. The minimum Gasteiger partial charge on any atom is -0.469 e. The molecule has 0 aliphatic carbocycles. The number of carbonyl (C=O) groups is 2. The van der Waals surface area contributed by atoms with E-state index in [-0.39, 0.29) is 17.8 Å². The highest BCUT2D eigenvalue weighted by molar-refractivity contribution is 5.70. The predicted octanol–water partition coefficient (Wildman–Crippen LogP) is 1.72. The van der Waals surface area contributed by atoms with E-state index in [0.717, 1.165) is 6.29 Å². The van der Waals surface area contributed by atoms with Crippen LogP contribution in [0.4, 0.5) is 0 Å². The SMILES string of the molecule is C=CC[C@](C)(CC=O)CC(=O)OC. The fourth-order valence-corrected chi connectivity index (χ4v) is 1.20. The Bertz CT molecular complexity index is 186. The van der Waals surface area contributed by atoms with Gasteiger partial charge in [0.2, 0.25) is 0 Å². The summed E-state index contributed by atoms with van der Waals surface area (Å²) in [4.78, 5) is 21.4. The Morgan fingerprint density at radius 1 is 1.54 bits per heavy atom. The van der Waals surface area contributed by atoms with Gasteiger partial charge >= 0.3 is 5.97 Å². The van der Waals surface area contributed by atoms with Crippen LogP contribution < -0.4 is 0 Å². The van der Waals surface area contributed by atoms with E-state index in [2.05, 4.69) is 11.3 Å². The number of carbonyl (C=O) groups excluding carboxylic acids is 2. The minimum absolute atomic E-state index is 0.258. The molecule has 0 saturated heterocycles. The zero-order valence-corrected chi connectivity index (χ0v) is 8.21. The molecule has 3 heteroatoms. The van der Waals surface area contributed by atoms with Crippen LogP contribution in [0.5, 0.6) is 0 Å². The molecule has 0 bridgehead atoms. The number of methoxy groups -OCH3 is 1. The summed E-state index contributed by atoms with van der Waals surface area (Å²) in [7, 11) is 1.34. The highest BCUT2D eigenvalue weighted by Gasteiger charge is 2.26. The van der Waals surface area contributed by atoms with Gasteiger partial charge in [-0.15, -0.1) is 6.58 Å². The molecular formula is C10H16O3. The first-order chi connectivity index (χ1) is 6.08. The third-order valence-corrected chi connectivity index (χ3v) is 2.01. The lowest BCUT2D eigenvalue weighted by Gasteiger charge is -2.24. The molecule has 0 spiro atoms. The second-order valence-corrected chi connectivity index (χ2v) is 3.43. The van der Waals surface area contributed by atoms with Crippen molar-refractivity contribution in [2.24, 2.45) is 5.41 Å². The van der Waals surface area contributed by atoms with Crippen molar-refractivity contribution in [3.05, 3.63) is 12.7 Å². The van der Waals surface area contributed by atoms with E-state index >= 15 is 0 Å². The fraction of sp³-hybridized carbons (Fsp3) is 0.600. The number of aldehydes is 1. The normalized spacial score (nSPS) is 14.3. The molecule has 3 nitrogen and oxygen atoms in total. The number of ether oxygens (including phenoxy) is 1. The summed E-state index contributed by atoms with van der Waals surface area (Å²) in [6.07, 6.45) is 3.79. The zero-order chi connectivity index (χ0) is 10.3. The predicted molar refractivity (Wildman–Crippen MR) is 50.2 cm³/mol. The van der Waals surface area contributed by atoms with E-state index < -0.39 is 0 Å². The lowest BCUT2D eigenvalue weighted by atomic mass is 9.81.